The molecule has 6 nitrogen and oxygen atoms in total. The maximum Gasteiger partial charge on any atom is 0.317 e. The Morgan fingerprint density at radius 2 is 2.12 bits per heavy atom. The van der Waals surface area contributed by atoms with Crippen LogP contribution in [0.15, 0.2) is 24.3 Å². The second-order valence-electron chi connectivity index (χ2n) is 6.39. The number of aromatic nitrogens is 1. The second-order valence-corrected chi connectivity index (χ2v) is 6.82. The first kappa shape index (κ1) is 15.3. The van der Waals surface area contributed by atoms with E-state index in [0.29, 0.717) is 23.8 Å². The fraction of sp³-hybridized carbons (Fsp3) is 0.412. The molecule has 2 aliphatic rings. The van der Waals surface area contributed by atoms with Gasteiger partial charge >= 0.3 is 6.03 Å². The molecule has 2 aliphatic heterocycles. The second kappa shape index (κ2) is 6.02. The molecule has 2 saturated heterocycles. The van der Waals surface area contributed by atoms with Crippen molar-refractivity contribution in [3.63, 3.8) is 0 Å². The van der Waals surface area contributed by atoms with Gasteiger partial charge < -0.3 is 20.1 Å². The van der Waals surface area contributed by atoms with Gasteiger partial charge in [0.15, 0.2) is 0 Å². The van der Waals surface area contributed by atoms with Crippen molar-refractivity contribution in [1.29, 1.82) is 0 Å². The summed E-state index contributed by atoms with van der Waals surface area (Å²) in [5.41, 5.74) is 1.47. The van der Waals surface area contributed by atoms with Crippen molar-refractivity contribution in [3.8, 4) is 0 Å². The van der Waals surface area contributed by atoms with E-state index in [1.807, 2.05) is 28.0 Å². The van der Waals surface area contributed by atoms with Crippen LogP contribution >= 0.6 is 11.6 Å². The molecule has 1 aromatic carbocycles. The number of carbonyl (C=O) groups is 2. The third-order valence-electron chi connectivity index (χ3n) is 4.83. The highest BCUT2D eigenvalue weighted by Crippen LogP contribution is 2.23. The minimum atomic E-state index is -0.0216. The van der Waals surface area contributed by atoms with Crippen LogP contribution in [0.5, 0.6) is 0 Å². The Hall–Kier alpha value is -2.21. The van der Waals surface area contributed by atoms with Crippen molar-refractivity contribution < 1.29 is 9.59 Å². The Labute approximate surface area is 144 Å². The lowest BCUT2D eigenvalue weighted by Crippen LogP contribution is -2.50. The number of nitrogens with zero attached hydrogens (tertiary/aromatic N) is 2. The topological polar surface area (TPSA) is 68.4 Å². The van der Waals surface area contributed by atoms with E-state index >= 15 is 0 Å². The van der Waals surface area contributed by atoms with E-state index in [-0.39, 0.29) is 18.0 Å². The van der Waals surface area contributed by atoms with Gasteiger partial charge in [-0.05, 0) is 37.1 Å². The SMILES string of the molecule is O=C(c1cc2cc(Cl)ccc2[nH]1)N1CCC[C@@H](N2CCNC2=O)C1. The van der Waals surface area contributed by atoms with Crippen LogP contribution in [0.1, 0.15) is 23.3 Å². The maximum atomic E-state index is 12.8. The van der Waals surface area contributed by atoms with Crippen molar-refractivity contribution in [3.05, 3.63) is 35.0 Å². The molecule has 0 unspecified atom stereocenters. The Balaban J connectivity index is 1.53. The molecule has 126 valence electrons. The van der Waals surface area contributed by atoms with Crippen LogP contribution in [0.3, 0.4) is 0 Å². The molecule has 7 heteroatoms. The van der Waals surface area contributed by atoms with E-state index in [1.54, 1.807) is 6.07 Å². The summed E-state index contributed by atoms with van der Waals surface area (Å²) in [5.74, 6) is -0.0216. The number of amides is 3. The number of rotatable bonds is 2. The number of fused-ring (bicyclic) bond motifs is 1. The molecule has 0 bridgehead atoms. The lowest BCUT2D eigenvalue weighted by Gasteiger charge is -2.36. The number of H-pyrrole nitrogens is 1. The normalized spacial score (nSPS) is 21.4. The van der Waals surface area contributed by atoms with Gasteiger partial charge in [-0.1, -0.05) is 11.6 Å². The predicted molar refractivity (Wildman–Crippen MR) is 92.3 cm³/mol. The van der Waals surface area contributed by atoms with Gasteiger partial charge in [0.05, 0.1) is 6.04 Å². The van der Waals surface area contributed by atoms with Crippen molar-refractivity contribution in [1.82, 2.24) is 20.1 Å². The number of carbonyl (C=O) groups excluding carboxylic acids is 2. The highest BCUT2D eigenvalue weighted by atomic mass is 35.5. The zero-order valence-corrected chi connectivity index (χ0v) is 14.0. The molecule has 24 heavy (non-hydrogen) atoms. The highest BCUT2D eigenvalue weighted by molar-refractivity contribution is 6.31. The monoisotopic (exact) mass is 346 g/mol. The first-order valence-electron chi connectivity index (χ1n) is 8.24. The largest absolute Gasteiger partial charge is 0.351 e. The molecular weight excluding hydrogens is 328 g/mol. The van der Waals surface area contributed by atoms with Gasteiger partial charge in [-0.15, -0.1) is 0 Å². The fourth-order valence-electron chi connectivity index (χ4n) is 3.62. The number of halogens is 1. The molecule has 4 rings (SSSR count). The van der Waals surface area contributed by atoms with Gasteiger partial charge in [-0.25, -0.2) is 4.79 Å². The van der Waals surface area contributed by atoms with Gasteiger partial charge in [0.2, 0.25) is 0 Å². The first-order chi connectivity index (χ1) is 11.6. The van der Waals surface area contributed by atoms with E-state index < -0.39 is 0 Å². The number of piperidine rings is 1. The van der Waals surface area contributed by atoms with Crippen LogP contribution in [0.25, 0.3) is 10.9 Å². The van der Waals surface area contributed by atoms with Gasteiger partial charge in [0.25, 0.3) is 5.91 Å². The molecule has 1 atom stereocenters. The lowest BCUT2D eigenvalue weighted by molar-refractivity contribution is 0.0629. The summed E-state index contributed by atoms with van der Waals surface area (Å²) in [6, 6.07) is 7.45. The smallest absolute Gasteiger partial charge is 0.317 e. The minimum absolute atomic E-state index is 0.0189. The molecule has 3 heterocycles. The molecule has 2 fully saturated rings. The van der Waals surface area contributed by atoms with Gasteiger partial charge in [0, 0.05) is 42.1 Å². The lowest BCUT2D eigenvalue weighted by atomic mass is 10.0. The third-order valence-corrected chi connectivity index (χ3v) is 5.06. The van der Waals surface area contributed by atoms with Crippen LogP contribution in [-0.4, -0.2) is 58.9 Å². The molecule has 0 spiro atoms. The maximum absolute atomic E-state index is 12.8. The first-order valence-corrected chi connectivity index (χ1v) is 8.61. The van der Waals surface area contributed by atoms with E-state index in [9.17, 15) is 9.59 Å². The Kier molecular flexibility index (Phi) is 3.84. The van der Waals surface area contributed by atoms with Gasteiger partial charge in [-0.2, -0.15) is 0 Å². The molecular formula is C17H19ClN4O2. The average Bonchev–Trinajstić information content (AvgIpc) is 3.20. The van der Waals surface area contributed by atoms with E-state index in [4.69, 9.17) is 11.6 Å². The Bertz CT molecular complexity index is 803. The van der Waals surface area contributed by atoms with Gasteiger partial charge in [0.1, 0.15) is 5.69 Å². The standard InChI is InChI=1S/C17H19ClN4O2/c18-12-3-4-14-11(8-12)9-15(20-14)16(23)21-6-1-2-13(10-21)22-7-5-19-17(22)24/h3-4,8-9,13,20H,1-2,5-7,10H2,(H,19,24)/t13-/m1/s1. The quantitative estimate of drug-likeness (QED) is 0.877. The van der Waals surface area contributed by atoms with Crippen molar-refractivity contribution >= 4 is 34.4 Å². The van der Waals surface area contributed by atoms with Crippen LogP contribution in [-0.2, 0) is 0 Å². The fourth-order valence-corrected chi connectivity index (χ4v) is 3.80. The van der Waals surface area contributed by atoms with Crippen LogP contribution in [0, 0.1) is 0 Å². The van der Waals surface area contributed by atoms with Crippen molar-refractivity contribution in [2.75, 3.05) is 26.2 Å². The number of urea groups is 1. The van der Waals surface area contributed by atoms with Crippen LogP contribution in [0.4, 0.5) is 4.79 Å². The van der Waals surface area contributed by atoms with E-state index in [1.165, 1.54) is 0 Å². The zero-order chi connectivity index (χ0) is 16.7. The molecule has 2 aromatic rings. The predicted octanol–water partition coefficient (Wildman–Crippen LogP) is 2.45. The summed E-state index contributed by atoms with van der Waals surface area (Å²) >= 11 is 6.01. The summed E-state index contributed by atoms with van der Waals surface area (Å²) in [7, 11) is 0. The molecule has 3 amide bonds. The summed E-state index contributed by atoms with van der Waals surface area (Å²) in [6.07, 6.45) is 1.85. The van der Waals surface area contributed by atoms with E-state index in [2.05, 4.69) is 10.3 Å². The van der Waals surface area contributed by atoms with Crippen molar-refractivity contribution in [2.45, 2.75) is 18.9 Å². The number of aromatic amines is 1. The molecule has 0 radical (unpaired) electrons. The third kappa shape index (κ3) is 2.71. The number of likely N-dealkylation sites (tertiary alicyclic amines) is 1. The summed E-state index contributed by atoms with van der Waals surface area (Å²) in [4.78, 5) is 31.6. The van der Waals surface area contributed by atoms with Crippen LogP contribution in [0.2, 0.25) is 5.02 Å². The molecule has 0 aliphatic carbocycles. The zero-order valence-electron chi connectivity index (χ0n) is 13.2. The van der Waals surface area contributed by atoms with Crippen LogP contribution < -0.4 is 5.32 Å². The number of hydrogen-bond acceptors (Lipinski definition) is 2. The number of nitrogens with one attached hydrogen (secondary N) is 2. The minimum Gasteiger partial charge on any atom is -0.351 e. The van der Waals surface area contributed by atoms with Crippen molar-refractivity contribution in [2.24, 2.45) is 0 Å². The Morgan fingerprint density at radius 3 is 2.92 bits per heavy atom. The average molecular weight is 347 g/mol. The number of benzene rings is 1. The van der Waals surface area contributed by atoms with Gasteiger partial charge in [-0.3, -0.25) is 4.79 Å². The molecule has 2 N–H and O–H groups in total. The summed E-state index contributed by atoms with van der Waals surface area (Å²) in [5, 5.41) is 4.41. The Morgan fingerprint density at radius 1 is 1.25 bits per heavy atom. The number of hydrogen-bond donors (Lipinski definition) is 2. The summed E-state index contributed by atoms with van der Waals surface area (Å²) in [6.45, 7) is 2.71. The molecule has 0 saturated carbocycles. The summed E-state index contributed by atoms with van der Waals surface area (Å²) < 4.78 is 0. The van der Waals surface area contributed by atoms with E-state index in [0.717, 1.165) is 36.8 Å². The highest BCUT2D eigenvalue weighted by Gasteiger charge is 2.33. The molecule has 1 aromatic heterocycles.